The van der Waals surface area contributed by atoms with E-state index >= 15 is 0 Å². The first-order chi connectivity index (χ1) is 8.51. The zero-order valence-corrected chi connectivity index (χ0v) is 11.8. The first-order valence-electron chi connectivity index (χ1n) is 6.42. The molecule has 0 bridgehead atoms. The minimum absolute atomic E-state index is 0.220. The molecular weight excluding hydrogens is 256 g/mol. The summed E-state index contributed by atoms with van der Waals surface area (Å²) in [4.78, 5) is 11.6. The van der Waals surface area contributed by atoms with Gasteiger partial charge in [0, 0.05) is 19.6 Å². The van der Waals surface area contributed by atoms with E-state index in [-0.39, 0.29) is 18.4 Å². The number of carbonyl (C=O) groups excluding carboxylic acids is 1. The van der Waals surface area contributed by atoms with Crippen LogP contribution in [0.1, 0.15) is 33.1 Å². The summed E-state index contributed by atoms with van der Waals surface area (Å²) in [6.45, 7) is 5.09. The number of nitrogens with one attached hydrogen (secondary N) is 1. The Kier molecular flexibility index (Phi) is 6.04. The summed E-state index contributed by atoms with van der Waals surface area (Å²) in [5.74, 6) is -0.634. The Morgan fingerprint density at radius 1 is 1.44 bits per heavy atom. The van der Waals surface area contributed by atoms with E-state index in [0.717, 1.165) is 6.42 Å². The van der Waals surface area contributed by atoms with Crippen LogP contribution in [0.25, 0.3) is 0 Å². The van der Waals surface area contributed by atoms with Crippen LogP contribution in [0.4, 0.5) is 0 Å². The van der Waals surface area contributed by atoms with Crippen molar-refractivity contribution < 1.29 is 17.9 Å². The fraction of sp³-hybridized carbons (Fsp3) is 0.909. The number of piperidine rings is 1. The van der Waals surface area contributed by atoms with E-state index in [0.29, 0.717) is 32.5 Å². The fourth-order valence-electron chi connectivity index (χ4n) is 1.94. The average Bonchev–Trinajstić information content (AvgIpc) is 2.37. The molecule has 1 N–H and O–H groups in total. The molecule has 1 aliphatic rings. The summed E-state index contributed by atoms with van der Waals surface area (Å²) in [6.07, 6.45) is 2.13. The third kappa shape index (κ3) is 4.22. The third-order valence-corrected chi connectivity index (χ3v) is 4.46. The van der Waals surface area contributed by atoms with Crippen molar-refractivity contribution in [1.29, 1.82) is 0 Å². The van der Waals surface area contributed by atoms with Crippen molar-refractivity contribution in [3.8, 4) is 0 Å². The minimum atomic E-state index is -3.45. The number of hydrogen-bond acceptors (Lipinski definition) is 4. The Hall–Kier alpha value is -0.660. The maximum absolute atomic E-state index is 11.9. The predicted octanol–water partition coefficient (Wildman–Crippen LogP) is 0.506. The van der Waals surface area contributed by atoms with Crippen molar-refractivity contribution >= 4 is 16.2 Å². The molecule has 1 aliphatic heterocycles. The first-order valence-corrected chi connectivity index (χ1v) is 7.86. The number of esters is 1. The lowest BCUT2D eigenvalue weighted by Crippen LogP contribution is -2.47. The van der Waals surface area contributed by atoms with Gasteiger partial charge in [-0.05, 0) is 26.2 Å². The number of rotatable bonds is 6. The van der Waals surface area contributed by atoms with Crippen LogP contribution in [0.2, 0.25) is 0 Å². The molecule has 18 heavy (non-hydrogen) atoms. The second-order valence-electron chi connectivity index (χ2n) is 4.35. The second-order valence-corrected chi connectivity index (χ2v) is 6.10. The molecule has 0 unspecified atom stereocenters. The molecule has 106 valence electrons. The summed E-state index contributed by atoms with van der Waals surface area (Å²) >= 11 is 0. The Morgan fingerprint density at radius 3 is 2.78 bits per heavy atom. The number of hydrogen-bond donors (Lipinski definition) is 1. The smallest absolute Gasteiger partial charge is 0.310 e. The van der Waals surface area contributed by atoms with Gasteiger partial charge in [0.1, 0.15) is 0 Å². The minimum Gasteiger partial charge on any atom is -0.466 e. The van der Waals surface area contributed by atoms with Crippen LogP contribution < -0.4 is 4.72 Å². The van der Waals surface area contributed by atoms with Crippen LogP contribution in [-0.2, 0) is 19.7 Å². The van der Waals surface area contributed by atoms with Crippen molar-refractivity contribution in [2.24, 2.45) is 5.92 Å². The third-order valence-electron chi connectivity index (χ3n) is 2.88. The molecule has 0 aliphatic carbocycles. The normalized spacial score (nSPS) is 21.8. The van der Waals surface area contributed by atoms with E-state index in [1.807, 2.05) is 6.92 Å². The zero-order valence-electron chi connectivity index (χ0n) is 11.0. The molecule has 6 nitrogen and oxygen atoms in total. The highest BCUT2D eigenvalue weighted by Crippen LogP contribution is 2.19. The lowest BCUT2D eigenvalue weighted by molar-refractivity contribution is -0.149. The zero-order chi connectivity index (χ0) is 13.6. The molecule has 0 radical (unpaired) electrons. The van der Waals surface area contributed by atoms with E-state index < -0.39 is 10.2 Å². The van der Waals surface area contributed by atoms with Gasteiger partial charge in [0.2, 0.25) is 0 Å². The van der Waals surface area contributed by atoms with Gasteiger partial charge in [-0.1, -0.05) is 6.92 Å². The lowest BCUT2D eigenvalue weighted by atomic mass is 10.0. The Labute approximate surface area is 109 Å². The molecule has 1 fully saturated rings. The van der Waals surface area contributed by atoms with Crippen LogP contribution in [0, 0.1) is 5.92 Å². The highest BCUT2D eigenvalue weighted by Gasteiger charge is 2.32. The van der Waals surface area contributed by atoms with E-state index in [2.05, 4.69) is 4.72 Å². The molecule has 0 aromatic heterocycles. The number of ether oxygens (including phenoxy) is 1. The van der Waals surface area contributed by atoms with Crippen molar-refractivity contribution in [2.75, 3.05) is 26.2 Å². The summed E-state index contributed by atoms with van der Waals surface area (Å²) < 4.78 is 32.7. The molecular formula is C11H22N2O4S. The SMILES string of the molecule is CCCNS(=O)(=O)N1CCC[C@@H](C(=O)OCC)C1. The van der Waals surface area contributed by atoms with Gasteiger partial charge in [-0.2, -0.15) is 12.7 Å². The van der Waals surface area contributed by atoms with Gasteiger partial charge in [-0.3, -0.25) is 4.79 Å². The highest BCUT2D eigenvalue weighted by atomic mass is 32.2. The Balaban J connectivity index is 2.60. The number of nitrogens with zero attached hydrogens (tertiary/aromatic N) is 1. The van der Waals surface area contributed by atoms with Gasteiger partial charge >= 0.3 is 5.97 Å². The van der Waals surface area contributed by atoms with Crippen LogP contribution >= 0.6 is 0 Å². The maximum atomic E-state index is 11.9. The van der Waals surface area contributed by atoms with Gasteiger partial charge in [0.25, 0.3) is 10.2 Å². The lowest BCUT2D eigenvalue weighted by Gasteiger charge is -2.30. The maximum Gasteiger partial charge on any atom is 0.310 e. The largest absolute Gasteiger partial charge is 0.466 e. The molecule has 7 heteroatoms. The average molecular weight is 278 g/mol. The molecule has 1 saturated heterocycles. The standard InChI is InChI=1S/C11H22N2O4S/c1-3-7-12-18(15,16)13-8-5-6-10(9-13)11(14)17-4-2/h10,12H,3-9H2,1-2H3/t10-/m1/s1. The van der Waals surface area contributed by atoms with Crippen LogP contribution in [0.3, 0.4) is 0 Å². The van der Waals surface area contributed by atoms with E-state index in [1.54, 1.807) is 6.92 Å². The molecule has 0 saturated carbocycles. The van der Waals surface area contributed by atoms with E-state index in [1.165, 1.54) is 4.31 Å². The van der Waals surface area contributed by atoms with E-state index in [4.69, 9.17) is 4.74 Å². The first kappa shape index (κ1) is 15.4. The van der Waals surface area contributed by atoms with Gasteiger partial charge in [0.05, 0.1) is 12.5 Å². The summed E-state index contributed by atoms with van der Waals surface area (Å²) in [6, 6.07) is 0. The summed E-state index contributed by atoms with van der Waals surface area (Å²) in [5, 5.41) is 0. The highest BCUT2D eigenvalue weighted by molar-refractivity contribution is 7.87. The van der Waals surface area contributed by atoms with Crippen molar-refractivity contribution in [2.45, 2.75) is 33.1 Å². The van der Waals surface area contributed by atoms with Crippen molar-refractivity contribution in [1.82, 2.24) is 9.03 Å². The van der Waals surface area contributed by atoms with Crippen molar-refractivity contribution in [3.63, 3.8) is 0 Å². The molecule has 1 rings (SSSR count). The molecule has 0 spiro atoms. The van der Waals surface area contributed by atoms with Gasteiger partial charge in [0.15, 0.2) is 0 Å². The van der Waals surface area contributed by atoms with Gasteiger partial charge < -0.3 is 4.74 Å². The fourth-order valence-corrected chi connectivity index (χ4v) is 3.33. The topological polar surface area (TPSA) is 75.7 Å². The summed E-state index contributed by atoms with van der Waals surface area (Å²) in [7, 11) is -3.45. The van der Waals surface area contributed by atoms with Crippen molar-refractivity contribution in [3.05, 3.63) is 0 Å². The Bertz CT molecular complexity index is 369. The van der Waals surface area contributed by atoms with Gasteiger partial charge in [-0.25, -0.2) is 4.72 Å². The molecule has 0 aromatic rings. The molecule has 1 heterocycles. The summed E-state index contributed by atoms with van der Waals surface area (Å²) in [5.41, 5.74) is 0. The number of carbonyl (C=O) groups is 1. The van der Waals surface area contributed by atoms with Crippen LogP contribution in [0.5, 0.6) is 0 Å². The van der Waals surface area contributed by atoms with Crippen LogP contribution in [0.15, 0.2) is 0 Å². The molecule has 1 atom stereocenters. The van der Waals surface area contributed by atoms with Crippen LogP contribution in [-0.4, -0.2) is 44.9 Å². The molecule has 0 amide bonds. The van der Waals surface area contributed by atoms with Gasteiger partial charge in [-0.15, -0.1) is 0 Å². The quantitative estimate of drug-likeness (QED) is 0.718. The predicted molar refractivity (Wildman–Crippen MR) is 68.1 cm³/mol. The Morgan fingerprint density at radius 2 is 2.17 bits per heavy atom. The monoisotopic (exact) mass is 278 g/mol. The van der Waals surface area contributed by atoms with E-state index in [9.17, 15) is 13.2 Å². The second kappa shape index (κ2) is 7.06. The molecule has 0 aromatic carbocycles.